The fraction of sp³-hybridized carbons (Fsp3) is 0.200. The molecule has 2 heterocycles. The fourth-order valence-electron chi connectivity index (χ4n) is 2.20. The number of nitrogens with one attached hydrogen (secondary N) is 1. The molecule has 1 aromatic carbocycles. The van der Waals surface area contributed by atoms with Crippen LogP contribution in [0.5, 0.6) is 5.88 Å². The number of ether oxygens (including phenoxy) is 1. The fourth-order valence-corrected chi connectivity index (χ4v) is 2.20. The normalized spacial score (nSPS) is 10.6. The first kappa shape index (κ1) is 14.0. The summed E-state index contributed by atoms with van der Waals surface area (Å²) in [6.07, 6.45) is 1.76. The smallest absolute Gasteiger partial charge is 0.213 e. The van der Waals surface area contributed by atoms with Crippen LogP contribution in [0.25, 0.3) is 22.5 Å². The maximum absolute atomic E-state index is 6.02. The quantitative estimate of drug-likeness (QED) is 0.716. The number of nitrogens with two attached hydrogens (primary N) is 1. The lowest BCUT2D eigenvalue weighted by Gasteiger charge is -2.11. The van der Waals surface area contributed by atoms with Gasteiger partial charge < -0.3 is 10.5 Å². The lowest BCUT2D eigenvalue weighted by Crippen LogP contribution is -1.97. The Morgan fingerprint density at radius 1 is 1.23 bits per heavy atom. The van der Waals surface area contributed by atoms with Crippen molar-refractivity contribution in [1.29, 1.82) is 0 Å². The second-order valence-corrected chi connectivity index (χ2v) is 4.81. The molecule has 3 N–H and O–H groups in total. The van der Waals surface area contributed by atoms with Gasteiger partial charge in [0.2, 0.25) is 11.7 Å². The van der Waals surface area contributed by atoms with Gasteiger partial charge in [0.1, 0.15) is 0 Å². The van der Waals surface area contributed by atoms with Crippen LogP contribution in [0.4, 0.5) is 5.69 Å². The lowest BCUT2D eigenvalue weighted by atomic mass is 9.97. The van der Waals surface area contributed by atoms with Gasteiger partial charge in [0, 0.05) is 29.1 Å². The zero-order chi connectivity index (χ0) is 15.5. The molecule has 0 fully saturated rings. The van der Waals surface area contributed by atoms with Crippen LogP contribution in [-0.2, 0) is 0 Å². The molecule has 22 heavy (non-hydrogen) atoms. The summed E-state index contributed by atoms with van der Waals surface area (Å²) in [5, 5.41) is 14.2. The highest BCUT2D eigenvalue weighted by Crippen LogP contribution is 2.33. The number of aromatic nitrogens is 5. The summed E-state index contributed by atoms with van der Waals surface area (Å²) in [6.45, 7) is 4.47. The largest absolute Gasteiger partial charge is 0.478 e. The van der Waals surface area contributed by atoms with E-state index in [1.54, 1.807) is 6.20 Å². The van der Waals surface area contributed by atoms with Crippen molar-refractivity contribution >= 4 is 5.69 Å². The van der Waals surface area contributed by atoms with Gasteiger partial charge in [-0.3, -0.25) is 0 Å². The minimum Gasteiger partial charge on any atom is -0.478 e. The standard InChI is InChI=1S/C15H16N6O/c1-3-22-14-5-4-10(8-17-14)11-6-9(2)13(16)7-12(11)15-18-20-21-19-15/h4-8H,3,16H2,1-2H3,(H,18,19,20,21). The Morgan fingerprint density at radius 3 is 2.73 bits per heavy atom. The van der Waals surface area contributed by atoms with Crippen LogP contribution in [0.3, 0.4) is 0 Å². The van der Waals surface area contributed by atoms with Crippen LogP contribution in [0.2, 0.25) is 0 Å². The van der Waals surface area contributed by atoms with Gasteiger partial charge in [0.25, 0.3) is 0 Å². The van der Waals surface area contributed by atoms with Gasteiger partial charge in [-0.25, -0.2) is 4.98 Å². The van der Waals surface area contributed by atoms with E-state index in [9.17, 15) is 0 Å². The summed E-state index contributed by atoms with van der Waals surface area (Å²) in [6, 6.07) is 7.64. The highest BCUT2D eigenvalue weighted by Gasteiger charge is 2.14. The van der Waals surface area contributed by atoms with Crippen LogP contribution in [0.15, 0.2) is 30.5 Å². The number of tetrazole rings is 1. The van der Waals surface area contributed by atoms with E-state index in [0.29, 0.717) is 24.0 Å². The molecule has 7 nitrogen and oxygen atoms in total. The number of aromatic amines is 1. The second kappa shape index (κ2) is 5.80. The van der Waals surface area contributed by atoms with Crippen molar-refractivity contribution in [2.24, 2.45) is 0 Å². The average Bonchev–Trinajstić information content (AvgIpc) is 3.05. The van der Waals surface area contributed by atoms with Gasteiger partial charge in [-0.2, -0.15) is 5.21 Å². The zero-order valence-corrected chi connectivity index (χ0v) is 12.4. The molecule has 0 atom stereocenters. The molecule has 2 aromatic heterocycles. The van der Waals surface area contributed by atoms with Gasteiger partial charge in [-0.05, 0) is 48.4 Å². The van der Waals surface area contributed by atoms with E-state index in [1.165, 1.54) is 0 Å². The Balaban J connectivity index is 2.11. The van der Waals surface area contributed by atoms with E-state index >= 15 is 0 Å². The first-order valence-electron chi connectivity index (χ1n) is 6.92. The third-order valence-corrected chi connectivity index (χ3v) is 3.33. The Kier molecular flexibility index (Phi) is 3.69. The SMILES string of the molecule is CCOc1ccc(-c2cc(C)c(N)cc2-c2nn[nH]n2)cn1. The lowest BCUT2D eigenvalue weighted by molar-refractivity contribution is 0.327. The molecule has 0 aliphatic heterocycles. The number of rotatable bonds is 4. The summed E-state index contributed by atoms with van der Waals surface area (Å²) >= 11 is 0. The monoisotopic (exact) mass is 296 g/mol. The molecule has 0 spiro atoms. The number of benzene rings is 1. The van der Waals surface area contributed by atoms with E-state index in [0.717, 1.165) is 22.3 Å². The average molecular weight is 296 g/mol. The van der Waals surface area contributed by atoms with E-state index in [1.807, 2.05) is 38.1 Å². The molecule has 0 amide bonds. The maximum Gasteiger partial charge on any atom is 0.213 e. The highest BCUT2D eigenvalue weighted by atomic mass is 16.5. The molecule has 0 saturated heterocycles. The third-order valence-electron chi connectivity index (χ3n) is 3.33. The molecule has 0 radical (unpaired) electrons. The van der Waals surface area contributed by atoms with Crippen molar-refractivity contribution < 1.29 is 4.74 Å². The van der Waals surface area contributed by atoms with Crippen molar-refractivity contribution in [3.63, 3.8) is 0 Å². The Hall–Kier alpha value is -2.96. The van der Waals surface area contributed by atoms with Gasteiger partial charge in [-0.15, -0.1) is 10.2 Å². The van der Waals surface area contributed by atoms with Crippen LogP contribution in [-0.4, -0.2) is 32.2 Å². The molecular formula is C15H16N6O. The van der Waals surface area contributed by atoms with Gasteiger partial charge in [-0.1, -0.05) is 0 Å². The molecule has 0 aliphatic carbocycles. The number of nitrogen functional groups attached to an aromatic ring is 1. The van der Waals surface area contributed by atoms with Gasteiger partial charge in [0.05, 0.1) is 6.61 Å². The highest BCUT2D eigenvalue weighted by molar-refractivity contribution is 5.83. The second-order valence-electron chi connectivity index (χ2n) is 4.81. The van der Waals surface area contributed by atoms with E-state index in [2.05, 4.69) is 25.6 Å². The molecule has 3 aromatic rings. The predicted molar refractivity (Wildman–Crippen MR) is 83.2 cm³/mol. The minimum atomic E-state index is 0.496. The van der Waals surface area contributed by atoms with E-state index in [4.69, 9.17) is 10.5 Å². The summed E-state index contributed by atoms with van der Waals surface area (Å²) in [4.78, 5) is 4.30. The number of pyridine rings is 1. The zero-order valence-electron chi connectivity index (χ0n) is 12.4. The van der Waals surface area contributed by atoms with Crippen molar-refractivity contribution in [3.05, 3.63) is 36.0 Å². The summed E-state index contributed by atoms with van der Waals surface area (Å²) in [7, 11) is 0. The number of anilines is 1. The predicted octanol–water partition coefficient (Wildman–Crippen LogP) is 2.22. The van der Waals surface area contributed by atoms with Crippen molar-refractivity contribution in [1.82, 2.24) is 25.6 Å². The van der Waals surface area contributed by atoms with E-state index < -0.39 is 0 Å². The van der Waals surface area contributed by atoms with Crippen LogP contribution < -0.4 is 10.5 Å². The Bertz CT molecular complexity index is 767. The molecule has 3 rings (SSSR count). The molecule has 0 saturated carbocycles. The van der Waals surface area contributed by atoms with Crippen LogP contribution in [0.1, 0.15) is 12.5 Å². The minimum absolute atomic E-state index is 0.496. The summed E-state index contributed by atoms with van der Waals surface area (Å²) in [5.74, 6) is 1.09. The van der Waals surface area contributed by atoms with E-state index in [-0.39, 0.29) is 0 Å². The van der Waals surface area contributed by atoms with Crippen LogP contribution >= 0.6 is 0 Å². The van der Waals surface area contributed by atoms with Crippen molar-refractivity contribution in [2.75, 3.05) is 12.3 Å². The van der Waals surface area contributed by atoms with Crippen molar-refractivity contribution in [3.8, 4) is 28.4 Å². The molecular weight excluding hydrogens is 280 g/mol. The first-order valence-corrected chi connectivity index (χ1v) is 6.92. The third kappa shape index (κ3) is 2.60. The Morgan fingerprint density at radius 2 is 2.09 bits per heavy atom. The number of nitrogens with zero attached hydrogens (tertiary/aromatic N) is 4. The molecule has 112 valence electrons. The van der Waals surface area contributed by atoms with Crippen molar-refractivity contribution in [2.45, 2.75) is 13.8 Å². The number of hydrogen-bond acceptors (Lipinski definition) is 6. The number of H-pyrrole nitrogens is 1. The first-order chi connectivity index (χ1) is 10.7. The van der Waals surface area contributed by atoms with Crippen LogP contribution in [0, 0.1) is 6.92 Å². The maximum atomic E-state index is 6.02. The molecule has 7 heteroatoms. The van der Waals surface area contributed by atoms with Gasteiger partial charge in [0.15, 0.2) is 0 Å². The molecule has 0 aliphatic rings. The summed E-state index contributed by atoms with van der Waals surface area (Å²) < 4.78 is 5.37. The summed E-state index contributed by atoms with van der Waals surface area (Å²) in [5.41, 5.74) is 10.4. The number of aryl methyl sites for hydroxylation is 1. The van der Waals surface area contributed by atoms with Gasteiger partial charge >= 0.3 is 0 Å². The topological polar surface area (TPSA) is 103 Å². The molecule has 0 unspecified atom stereocenters. The molecule has 0 bridgehead atoms. The number of hydrogen-bond donors (Lipinski definition) is 2. The Labute approximate surface area is 127 Å².